The van der Waals surface area contributed by atoms with Crippen LogP contribution in [-0.2, 0) is 0 Å². The molecular weight excluding hydrogens is 174 g/mol. The number of anilines is 1. The van der Waals surface area contributed by atoms with Gasteiger partial charge in [-0.2, -0.15) is 0 Å². The molecule has 0 unspecified atom stereocenters. The highest BCUT2D eigenvalue weighted by Crippen LogP contribution is 2.14. The van der Waals surface area contributed by atoms with Crippen LogP contribution < -0.4 is 11.3 Å². The SMILES string of the molecule is Cl.NNc1cccc(F)c1F. The van der Waals surface area contributed by atoms with Crippen molar-refractivity contribution in [1.29, 1.82) is 0 Å². The van der Waals surface area contributed by atoms with Crippen molar-refractivity contribution in [3.8, 4) is 0 Å². The monoisotopic (exact) mass is 180 g/mol. The number of hydrogen-bond donors (Lipinski definition) is 2. The van der Waals surface area contributed by atoms with Crippen LogP contribution in [0.1, 0.15) is 0 Å². The van der Waals surface area contributed by atoms with E-state index in [0.29, 0.717) is 0 Å². The van der Waals surface area contributed by atoms with E-state index in [9.17, 15) is 8.78 Å². The van der Waals surface area contributed by atoms with E-state index in [1.165, 1.54) is 12.1 Å². The molecule has 1 aromatic rings. The molecule has 0 atom stereocenters. The van der Waals surface area contributed by atoms with Gasteiger partial charge in [-0.25, -0.2) is 8.78 Å². The van der Waals surface area contributed by atoms with Gasteiger partial charge in [0.05, 0.1) is 5.69 Å². The average Bonchev–Trinajstić information content (AvgIpc) is 1.95. The third-order valence-corrected chi connectivity index (χ3v) is 1.11. The van der Waals surface area contributed by atoms with E-state index in [2.05, 4.69) is 0 Å². The van der Waals surface area contributed by atoms with Crippen LogP contribution in [-0.4, -0.2) is 0 Å². The largest absolute Gasteiger partial charge is 0.321 e. The summed E-state index contributed by atoms with van der Waals surface area (Å²) in [5.74, 6) is 3.00. The number of halogens is 3. The van der Waals surface area contributed by atoms with E-state index in [1.807, 2.05) is 5.43 Å². The minimum absolute atomic E-state index is 0. The number of nitrogen functional groups attached to an aromatic ring is 1. The van der Waals surface area contributed by atoms with Gasteiger partial charge in [-0.3, -0.25) is 5.84 Å². The van der Waals surface area contributed by atoms with Crippen LogP contribution in [0.4, 0.5) is 14.5 Å². The molecule has 0 aliphatic heterocycles. The topological polar surface area (TPSA) is 38.0 Å². The number of hydrazine groups is 1. The Morgan fingerprint density at radius 2 is 1.91 bits per heavy atom. The van der Waals surface area contributed by atoms with Gasteiger partial charge >= 0.3 is 0 Å². The van der Waals surface area contributed by atoms with Crippen molar-refractivity contribution in [2.45, 2.75) is 0 Å². The van der Waals surface area contributed by atoms with Crippen LogP contribution >= 0.6 is 12.4 Å². The maximum atomic E-state index is 12.5. The van der Waals surface area contributed by atoms with Crippen molar-refractivity contribution < 1.29 is 8.78 Å². The molecule has 2 nitrogen and oxygen atoms in total. The molecule has 0 fully saturated rings. The van der Waals surface area contributed by atoms with E-state index in [1.54, 1.807) is 0 Å². The quantitative estimate of drug-likeness (QED) is 0.510. The summed E-state index contributed by atoms with van der Waals surface area (Å²) in [5.41, 5.74) is 1.98. The van der Waals surface area contributed by atoms with Crippen LogP contribution in [0.15, 0.2) is 18.2 Å². The zero-order valence-electron chi connectivity index (χ0n) is 5.47. The third kappa shape index (κ3) is 2.03. The van der Waals surface area contributed by atoms with E-state index < -0.39 is 11.6 Å². The Bertz CT molecular complexity index is 242. The molecule has 0 spiro atoms. The minimum Gasteiger partial charge on any atom is -0.321 e. The van der Waals surface area contributed by atoms with Gasteiger partial charge in [0.2, 0.25) is 0 Å². The number of hydrogen-bond acceptors (Lipinski definition) is 2. The fraction of sp³-hybridized carbons (Fsp3) is 0. The molecule has 0 amide bonds. The molecular formula is C6H7ClF2N2. The van der Waals surface area contributed by atoms with Crippen molar-refractivity contribution in [3.05, 3.63) is 29.8 Å². The molecule has 62 valence electrons. The molecule has 0 saturated heterocycles. The van der Waals surface area contributed by atoms with Crippen molar-refractivity contribution in [1.82, 2.24) is 0 Å². The maximum absolute atomic E-state index is 12.5. The molecule has 0 aliphatic carbocycles. The first-order chi connectivity index (χ1) is 4.75. The summed E-state index contributed by atoms with van der Waals surface area (Å²) >= 11 is 0. The lowest BCUT2D eigenvalue weighted by molar-refractivity contribution is 0.511. The lowest BCUT2D eigenvalue weighted by Gasteiger charge is -1.99. The van der Waals surface area contributed by atoms with Crippen LogP contribution in [0.25, 0.3) is 0 Å². The van der Waals surface area contributed by atoms with Gasteiger partial charge < -0.3 is 5.43 Å². The Labute approximate surface area is 68.8 Å². The summed E-state index contributed by atoms with van der Waals surface area (Å²) in [6, 6.07) is 3.74. The number of rotatable bonds is 1. The van der Waals surface area contributed by atoms with E-state index in [0.717, 1.165) is 6.07 Å². The molecule has 1 rings (SSSR count). The highest BCUT2D eigenvalue weighted by molar-refractivity contribution is 5.85. The van der Waals surface area contributed by atoms with Crippen LogP contribution in [0, 0.1) is 11.6 Å². The number of nitrogens with one attached hydrogen (secondary N) is 1. The smallest absolute Gasteiger partial charge is 0.183 e. The molecule has 0 heterocycles. The Morgan fingerprint density at radius 1 is 1.27 bits per heavy atom. The lowest BCUT2D eigenvalue weighted by Crippen LogP contribution is -2.09. The lowest BCUT2D eigenvalue weighted by atomic mass is 10.3. The zero-order chi connectivity index (χ0) is 7.56. The first-order valence-electron chi connectivity index (χ1n) is 2.66. The Morgan fingerprint density at radius 3 is 2.36 bits per heavy atom. The van der Waals surface area contributed by atoms with Crippen LogP contribution in [0.3, 0.4) is 0 Å². The summed E-state index contributed by atoms with van der Waals surface area (Å²) in [7, 11) is 0. The van der Waals surface area contributed by atoms with Crippen molar-refractivity contribution in [2.24, 2.45) is 5.84 Å². The molecule has 0 bridgehead atoms. The standard InChI is InChI=1S/C6H6F2N2.ClH/c7-4-2-1-3-5(10-9)6(4)8;/h1-3,10H,9H2;1H. The zero-order valence-corrected chi connectivity index (χ0v) is 6.29. The average molecular weight is 181 g/mol. The minimum atomic E-state index is -0.954. The predicted molar refractivity (Wildman–Crippen MR) is 41.4 cm³/mol. The van der Waals surface area contributed by atoms with Crippen molar-refractivity contribution >= 4 is 18.1 Å². The molecule has 0 aromatic heterocycles. The van der Waals surface area contributed by atoms with E-state index in [-0.39, 0.29) is 18.1 Å². The van der Waals surface area contributed by atoms with Gasteiger partial charge in [0, 0.05) is 0 Å². The molecule has 1 aromatic carbocycles. The maximum Gasteiger partial charge on any atom is 0.183 e. The molecule has 5 heteroatoms. The van der Waals surface area contributed by atoms with Crippen LogP contribution in [0.5, 0.6) is 0 Å². The normalized spacial score (nSPS) is 8.64. The molecule has 0 saturated carbocycles. The Hall–Kier alpha value is -0.870. The van der Waals surface area contributed by atoms with Crippen molar-refractivity contribution in [3.63, 3.8) is 0 Å². The van der Waals surface area contributed by atoms with Gasteiger partial charge in [0.1, 0.15) is 0 Å². The fourth-order valence-corrected chi connectivity index (χ4v) is 0.615. The van der Waals surface area contributed by atoms with E-state index in [4.69, 9.17) is 5.84 Å². The number of nitrogens with two attached hydrogens (primary N) is 1. The molecule has 11 heavy (non-hydrogen) atoms. The van der Waals surface area contributed by atoms with Gasteiger partial charge in [0.15, 0.2) is 11.6 Å². The third-order valence-electron chi connectivity index (χ3n) is 1.11. The highest BCUT2D eigenvalue weighted by Gasteiger charge is 2.04. The summed E-state index contributed by atoms with van der Waals surface area (Å²) < 4.78 is 24.8. The second-order valence-electron chi connectivity index (χ2n) is 1.75. The van der Waals surface area contributed by atoms with Gasteiger partial charge in [-0.05, 0) is 12.1 Å². The predicted octanol–water partition coefficient (Wildman–Crippen LogP) is 1.67. The van der Waals surface area contributed by atoms with Gasteiger partial charge in [-0.1, -0.05) is 6.07 Å². The Balaban J connectivity index is 0.000001000. The first kappa shape index (κ1) is 10.1. The molecule has 3 N–H and O–H groups in total. The molecule has 0 aliphatic rings. The fourth-order valence-electron chi connectivity index (χ4n) is 0.615. The summed E-state index contributed by atoms with van der Waals surface area (Å²) in [6.07, 6.45) is 0. The summed E-state index contributed by atoms with van der Waals surface area (Å²) in [4.78, 5) is 0. The van der Waals surface area contributed by atoms with Crippen LogP contribution in [0.2, 0.25) is 0 Å². The second-order valence-corrected chi connectivity index (χ2v) is 1.75. The highest BCUT2D eigenvalue weighted by atomic mass is 35.5. The first-order valence-corrected chi connectivity index (χ1v) is 2.66. The summed E-state index contributed by atoms with van der Waals surface area (Å²) in [5, 5.41) is 0. The molecule has 0 radical (unpaired) electrons. The summed E-state index contributed by atoms with van der Waals surface area (Å²) in [6.45, 7) is 0. The van der Waals surface area contributed by atoms with Crippen molar-refractivity contribution in [2.75, 3.05) is 5.43 Å². The number of benzene rings is 1. The Kier molecular flexibility index (Phi) is 3.78. The van der Waals surface area contributed by atoms with Gasteiger partial charge in [0.25, 0.3) is 0 Å². The second kappa shape index (κ2) is 4.10. The van der Waals surface area contributed by atoms with E-state index >= 15 is 0 Å². The van der Waals surface area contributed by atoms with Gasteiger partial charge in [-0.15, -0.1) is 12.4 Å².